The first-order chi connectivity index (χ1) is 10.2. The highest BCUT2D eigenvalue weighted by Crippen LogP contribution is 2.18. The average molecular weight is 286 g/mol. The van der Waals surface area contributed by atoms with Crippen LogP contribution in [-0.4, -0.2) is 12.5 Å². The second-order valence-corrected chi connectivity index (χ2v) is 4.37. The van der Waals surface area contributed by atoms with Crippen molar-refractivity contribution in [3.8, 4) is 11.5 Å². The fraction of sp³-hybridized carbons (Fsp3) is 0.188. The molecule has 0 saturated carbocycles. The predicted octanol–water partition coefficient (Wildman–Crippen LogP) is 2.27. The molecule has 21 heavy (non-hydrogen) atoms. The van der Waals surface area contributed by atoms with Gasteiger partial charge in [0.25, 0.3) is 5.91 Å². The molecule has 2 aromatic rings. The standard InChI is InChI=1S/C16H18N2O3/c1-2-20-14-6-8-15(9-7-14)21-11-12-4-3-5-13(10-12)16(19)18-17/h3-10H,2,11,17H2,1H3,(H,18,19). The Morgan fingerprint density at radius 1 is 1.10 bits per heavy atom. The SMILES string of the molecule is CCOc1ccc(OCc2cccc(C(=O)NN)c2)cc1. The lowest BCUT2D eigenvalue weighted by molar-refractivity contribution is 0.0953. The number of nitrogens with one attached hydrogen (secondary N) is 1. The van der Waals surface area contributed by atoms with Crippen molar-refractivity contribution in [2.45, 2.75) is 13.5 Å². The number of carbonyl (C=O) groups excluding carboxylic acids is 1. The van der Waals surface area contributed by atoms with Crippen molar-refractivity contribution >= 4 is 5.91 Å². The Morgan fingerprint density at radius 2 is 1.76 bits per heavy atom. The number of hydrogen-bond donors (Lipinski definition) is 2. The first kappa shape index (κ1) is 14.9. The van der Waals surface area contributed by atoms with Gasteiger partial charge in [-0.05, 0) is 48.9 Å². The quantitative estimate of drug-likeness (QED) is 0.485. The zero-order valence-corrected chi connectivity index (χ0v) is 11.8. The summed E-state index contributed by atoms with van der Waals surface area (Å²) in [4.78, 5) is 11.4. The molecule has 110 valence electrons. The van der Waals surface area contributed by atoms with Gasteiger partial charge in [-0.3, -0.25) is 10.2 Å². The minimum atomic E-state index is -0.321. The zero-order valence-electron chi connectivity index (χ0n) is 11.8. The normalized spacial score (nSPS) is 10.0. The van der Waals surface area contributed by atoms with E-state index in [0.29, 0.717) is 18.8 Å². The molecule has 0 bridgehead atoms. The second-order valence-electron chi connectivity index (χ2n) is 4.37. The van der Waals surface area contributed by atoms with Gasteiger partial charge in [-0.25, -0.2) is 5.84 Å². The molecule has 0 heterocycles. The number of rotatable bonds is 6. The number of amides is 1. The summed E-state index contributed by atoms with van der Waals surface area (Å²) in [6.45, 7) is 2.95. The van der Waals surface area contributed by atoms with Crippen LogP contribution in [-0.2, 0) is 6.61 Å². The molecule has 3 N–H and O–H groups in total. The number of carbonyl (C=O) groups is 1. The van der Waals surface area contributed by atoms with Gasteiger partial charge >= 0.3 is 0 Å². The third-order valence-electron chi connectivity index (χ3n) is 2.86. The monoisotopic (exact) mass is 286 g/mol. The van der Waals surface area contributed by atoms with Gasteiger partial charge in [0, 0.05) is 5.56 Å². The molecule has 0 aromatic heterocycles. The minimum absolute atomic E-state index is 0.321. The van der Waals surface area contributed by atoms with Crippen molar-refractivity contribution in [3.05, 3.63) is 59.7 Å². The molecule has 2 rings (SSSR count). The molecule has 1 amide bonds. The number of nitrogens with two attached hydrogens (primary N) is 1. The van der Waals surface area contributed by atoms with Gasteiger partial charge in [-0.1, -0.05) is 12.1 Å². The second kappa shape index (κ2) is 7.31. The van der Waals surface area contributed by atoms with E-state index in [-0.39, 0.29) is 5.91 Å². The maximum atomic E-state index is 11.4. The number of nitrogen functional groups attached to an aromatic ring is 1. The predicted molar refractivity (Wildman–Crippen MR) is 80.0 cm³/mol. The molecule has 0 radical (unpaired) electrons. The van der Waals surface area contributed by atoms with Crippen LogP contribution in [0.5, 0.6) is 11.5 Å². The van der Waals surface area contributed by atoms with Crippen molar-refractivity contribution in [2.75, 3.05) is 6.61 Å². The summed E-state index contributed by atoms with van der Waals surface area (Å²) in [6, 6.07) is 14.5. The lowest BCUT2D eigenvalue weighted by Crippen LogP contribution is -2.30. The average Bonchev–Trinajstić information content (AvgIpc) is 2.54. The van der Waals surface area contributed by atoms with Crippen molar-refractivity contribution in [3.63, 3.8) is 0 Å². The lowest BCUT2D eigenvalue weighted by atomic mass is 10.1. The fourth-order valence-corrected chi connectivity index (χ4v) is 1.85. The third kappa shape index (κ3) is 4.22. The number of benzene rings is 2. The van der Waals surface area contributed by atoms with Crippen LogP contribution >= 0.6 is 0 Å². The Labute approximate surface area is 123 Å². The van der Waals surface area contributed by atoms with Crippen molar-refractivity contribution < 1.29 is 14.3 Å². The van der Waals surface area contributed by atoms with Crippen LogP contribution in [0, 0.1) is 0 Å². The molecule has 2 aromatic carbocycles. The molecule has 0 atom stereocenters. The third-order valence-corrected chi connectivity index (χ3v) is 2.86. The number of ether oxygens (including phenoxy) is 2. The number of hydrazine groups is 1. The topological polar surface area (TPSA) is 73.6 Å². The van der Waals surface area contributed by atoms with Crippen molar-refractivity contribution in [2.24, 2.45) is 5.84 Å². The van der Waals surface area contributed by atoms with Crippen LogP contribution < -0.4 is 20.7 Å². The van der Waals surface area contributed by atoms with Gasteiger partial charge in [0.05, 0.1) is 6.61 Å². The van der Waals surface area contributed by atoms with Gasteiger partial charge in [0.2, 0.25) is 0 Å². The molecule has 5 nitrogen and oxygen atoms in total. The van der Waals surface area contributed by atoms with E-state index in [1.54, 1.807) is 18.2 Å². The largest absolute Gasteiger partial charge is 0.494 e. The van der Waals surface area contributed by atoms with Crippen molar-refractivity contribution in [1.82, 2.24) is 5.43 Å². The molecule has 0 aliphatic rings. The summed E-state index contributed by atoms with van der Waals surface area (Å²) in [5, 5.41) is 0. The van der Waals surface area contributed by atoms with E-state index < -0.39 is 0 Å². The molecule has 0 fully saturated rings. The lowest BCUT2D eigenvalue weighted by Gasteiger charge is -2.08. The van der Waals surface area contributed by atoms with E-state index >= 15 is 0 Å². The smallest absolute Gasteiger partial charge is 0.265 e. The van der Waals surface area contributed by atoms with E-state index in [1.807, 2.05) is 37.3 Å². The van der Waals surface area contributed by atoms with Crippen LogP contribution in [0.1, 0.15) is 22.8 Å². The van der Waals surface area contributed by atoms with Gasteiger partial charge in [0.1, 0.15) is 18.1 Å². The van der Waals surface area contributed by atoms with Crippen LogP contribution in [0.4, 0.5) is 0 Å². The van der Waals surface area contributed by atoms with Crippen molar-refractivity contribution in [1.29, 1.82) is 0 Å². The summed E-state index contributed by atoms with van der Waals surface area (Å²) < 4.78 is 11.0. The Morgan fingerprint density at radius 3 is 2.38 bits per heavy atom. The Kier molecular flexibility index (Phi) is 5.17. The summed E-state index contributed by atoms with van der Waals surface area (Å²) in [5.74, 6) is 6.35. The molecular weight excluding hydrogens is 268 g/mol. The molecule has 0 spiro atoms. The highest BCUT2D eigenvalue weighted by Gasteiger charge is 2.04. The molecule has 0 aliphatic carbocycles. The zero-order chi connectivity index (χ0) is 15.1. The van der Waals surface area contributed by atoms with Gasteiger partial charge in [0.15, 0.2) is 0 Å². The molecule has 5 heteroatoms. The Hall–Kier alpha value is -2.53. The van der Waals surface area contributed by atoms with Gasteiger partial charge < -0.3 is 9.47 Å². The highest BCUT2D eigenvalue weighted by molar-refractivity contribution is 5.93. The van der Waals surface area contributed by atoms with Crippen LogP contribution in [0.25, 0.3) is 0 Å². The van der Waals surface area contributed by atoms with Crippen LogP contribution in [0.3, 0.4) is 0 Å². The highest BCUT2D eigenvalue weighted by atomic mass is 16.5. The van der Waals surface area contributed by atoms with E-state index in [0.717, 1.165) is 17.1 Å². The van der Waals surface area contributed by atoms with Gasteiger partial charge in [-0.15, -0.1) is 0 Å². The summed E-state index contributed by atoms with van der Waals surface area (Å²) in [7, 11) is 0. The molecular formula is C16H18N2O3. The summed E-state index contributed by atoms with van der Waals surface area (Å²) >= 11 is 0. The Bertz CT molecular complexity index is 597. The van der Waals surface area contributed by atoms with Crippen LogP contribution in [0.15, 0.2) is 48.5 Å². The van der Waals surface area contributed by atoms with Crippen LogP contribution in [0.2, 0.25) is 0 Å². The molecule has 0 saturated heterocycles. The van der Waals surface area contributed by atoms with E-state index in [1.165, 1.54) is 0 Å². The molecule has 0 unspecified atom stereocenters. The first-order valence-corrected chi connectivity index (χ1v) is 6.68. The summed E-state index contributed by atoms with van der Waals surface area (Å²) in [5.41, 5.74) is 3.51. The van der Waals surface area contributed by atoms with E-state index in [2.05, 4.69) is 5.43 Å². The fourth-order valence-electron chi connectivity index (χ4n) is 1.85. The van der Waals surface area contributed by atoms with E-state index in [4.69, 9.17) is 15.3 Å². The molecule has 0 aliphatic heterocycles. The first-order valence-electron chi connectivity index (χ1n) is 6.68. The Balaban J connectivity index is 1.97. The summed E-state index contributed by atoms with van der Waals surface area (Å²) in [6.07, 6.45) is 0. The minimum Gasteiger partial charge on any atom is -0.494 e. The number of hydrogen-bond acceptors (Lipinski definition) is 4. The maximum Gasteiger partial charge on any atom is 0.265 e. The maximum absolute atomic E-state index is 11.4. The van der Waals surface area contributed by atoms with Gasteiger partial charge in [-0.2, -0.15) is 0 Å². The van der Waals surface area contributed by atoms with E-state index in [9.17, 15) is 4.79 Å².